The van der Waals surface area contributed by atoms with Crippen molar-refractivity contribution in [1.29, 1.82) is 0 Å². The van der Waals surface area contributed by atoms with Gasteiger partial charge in [0.05, 0.1) is 12.7 Å². The highest BCUT2D eigenvalue weighted by atomic mass is 19.1. The maximum Gasteiger partial charge on any atom is 0.166 e. The van der Waals surface area contributed by atoms with Crippen LogP contribution in [0, 0.1) is 5.82 Å². The van der Waals surface area contributed by atoms with Gasteiger partial charge in [-0.3, -0.25) is 4.79 Å². The Kier molecular flexibility index (Phi) is 2.51. The van der Waals surface area contributed by atoms with Crippen LogP contribution >= 0.6 is 0 Å². The number of methoxy groups -OCH3 is 1. The van der Waals surface area contributed by atoms with Gasteiger partial charge in [-0.05, 0) is 6.92 Å². The Bertz CT molecular complexity index is 347. The maximum atomic E-state index is 13.1. The molecule has 1 N–H and O–H groups in total. The second-order valence-corrected chi connectivity index (χ2v) is 2.56. The summed E-state index contributed by atoms with van der Waals surface area (Å²) in [5.74, 6) is -1.43. The first kappa shape index (κ1) is 9.51. The van der Waals surface area contributed by atoms with Gasteiger partial charge >= 0.3 is 0 Å². The zero-order valence-corrected chi connectivity index (χ0v) is 7.30. The van der Waals surface area contributed by atoms with Gasteiger partial charge in [0.15, 0.2) is 5.78 Å². The van der Waals surface area contributed by atoms with Crippen molar-refractivity contribution in [2.45, 2.75) is 6.92 Å². The summed E-state index contributed by atoms with van der Waals surface area (Å²) in [6, 6.07) is 2.07. The van der Waals surface area contributed by atoms with Crippen molar-refractivity contribution in [3.05, 3.63) is 23.5 Å². The maximum absolute atomic E-state index is 13.1. The molecule has 0 aliphatic rings. The number of halogens is 1. The number of rotatable bonds is 2. The zero-order chi connectivity index (χ0) is 10.0. The van der Waals surface area contributed by atoms with Crippen LogP contribution in [0.2, 0.25) is 0 Å². The van der Waals surface area contributed by atoms with E-state index in [4.69, 9.17) is 9.84 Å². The van der Waals surface area contributed by atoms with Crippen molar-refractivity contribution >= 4 is 5.78 Å². The molecule has 70 valence electrons. The lowest BCUT2D eigenvalue weighted by molar-refractivity contribution is 0.101. The van der Waals surface area contributed by atoms with Crippen LogP contribution in [-0.2, 0) is 0 Å². The quantitative estimate of drug-likeness (QED) is 0.712. The molecule has 13 heavy (non-hydrogen) atoms. The molecule has 0 fully saturated rings. The van der Waals surface area contributed by atoms with Gasteiger partial charge in [0, 0.05) is 12.1 Å². The van der Waals surface area contributed by atoms with E-state index in [-0.39, 0.29) is 17.1 Å². The predicted octanol–water partition coefficient (Wildman–Crippen LogP) is 1.74. The second kappa shape index (κ2) is 3.43. The van der Waals surface area contributed by atoms with Crippen molar-refractivity contribution in [1.82, 2.24) is 0 Å². The topological polar surface area (TPSA) is 46.5 Å². The number of hydrogen-bond donors (Lipinski definition) is 1. The Balaban J connectivity index is 3.38. The lowest BCUT2D eigenvalue weighted by Gasteiger charge is -2.06. The van der Waals surface area contributed by atoms with Gasteiger partial charge < -0.3 is 9.84 Å². The summed E-state index contributed by atoms with van der Waals surface area (Å²) in [5.41, 5.74) is -0.139. The summed E-state index contributed by atoms with van der Waals surface area (Å²) >= 11 is 0. The van der Waals surface area contributed by atoms with Gasteiger partial charge in [-0.1, -0.05) is 0 Å². The number of benzene rings is 1. The molecule has 0 bridgehead atoms. The largest absolute Gasteiger partial charge is 0.508 e. The van der Waals surface area contributed by atoms with Crippen LogP contribution in [0.5, 0.6) is 11.5 Å². The van der Waals surface area contributed by atoms with Crippen LogP contribution in [-0.4, -0.2) is 18.0 Å². The zero-order valence-electron chi connectivity index (χ0n) is 7.30. The number of carbonyl (C=O) groups excluding carboxylic acids is 1. The highest BCUT2D eigenvalue weighted by Crippen LogP contribution is 2.27. The van der Waals surface area contributed by atoms with E-state index in [1.165, 1.54) is 20.1 Å². The van der Waals surface area contributed by atoms with Crippen molar-refractivity contribution < 1.29 is 19.0 Å². The van der Waals surface area contributed by atoms with Crippen LogP contribution in [0.25, 0.3) is 0 Å². The number of phenols is 1. The number of ether oxygens (including phenoxy) is 1. The van der Waals surface area contributed by atoms with Crippen molar-refractivity contribution in [3.63, 3.8) is 0 Å². The molecule has 0 aromatic heterocycles. The van der Waals surface area contributed by atoms with Crippen LogP contribution < -0.4 is 4.74 Å². The number of Topliss-reactive ketones (excluding diaryl/α,β-unsaturated/α-hetero) is 1. The average Bonchev–Trinajstić information content (AvgIpc) is 2.01. The van der Waals surface area contributed by atoms with E-state index in [0.717, 1.165) is 6.07 Å². The van der Waals surface area contributed by atoms with E-state index in [2.05, 4.69) is 0 Å². The highest BCUT2D eigenvalue weighted by Gasteiger charge is 2.15. The van der Waals surface area contributed by atoms with Crippen LogP contribution in [0.4, 0.5) is 4.39 Å². The minimum atomic E-state index is -0.774. The molecule has 0 radical (unpaired) electrons. The summed E-state index contributed by atoms with van der Waals surface area (Å²) in [4.78, 5) is 11.0. The fourth-order valence-corrected chi connectivity index (χ4v) is 1.07. The molecule has 0 amide bonds. The lowest BCUT2D eigenvalue weighted by Crippen LogP contribution is -2.01. The third-order valence-electron chi connectivity index (χ3n) is 1.61. The smallest absolute Gasteiger partial charge is 0.166 e. The molecule has 0 atom stereocenters. The van der Waals surface area contributed by atoms with Crippen LogP contribution in [0.1, 0.15) is 17.3 Å². The predicted molar refractivity (Wildman–Crippen MR) is 44.6 cm³/mol. The Morgan fingerprint density at radius 3 is 2.62 bits per heavy atom. The fourth-order valence-electron chi connectivity index (χ4n) is 1.07. The average molecular weight is 184 g/mol. The molecule has 0 saturated heterocycles. The van der Waals surface area contributed by atoms with E-state index < -0.39 is 11.6 Å². The molecule has 0 spiro atoms. The standard InChI is InChI=1S/C9H9FO3/c1-5(11)9-7(10)3-6(12)4-8(9)13-2/h3-4,12H,1-2H3. The first-order chi connectivity index (χ1) is 6.06. The molecule has 1 aromatic rings. The minimum Gasteiger partial charge on any atom is -0.508 e. The Morgan fingerprint density at radius 2 is 2.15 bits per heavy atom. The molecule has 3 nitrogen and oxygen atoms in total. The summed E-state index contributed by atoms with van der Waals surface area (Å²) in [5, 5.41) is 9.00. The van der Waals surface area contributed by atoms with Gasteiger partial charge in [0.2, 0.25) is 0 Å². The van der Waals surface area contributed by atoms with E-state index in [0.29, 0.717) is 0 Å². The SMILES string of the molecule is COc1cc(O)cc(F)c1C(C)=O. The molecule has 0 aliphatic heterocycles. The van der Waals surface area contributed by atoms with Crippen LogP contribution in [0.3, 0.4) is 0 Å². The molecule has 1 aromatic carbocycles. The molecule has 0 saturated carbocycles. The van der Waals surface area contributed by atoms with Gasteiger partial charge in [0.1, 0.15) is 17.3 Å². The van der Waals surface area contributed by atoms with Crippen molar-refractivity contribution in [3.8, 4) is 11.5 Å². The van der Waals surface area contributed by atoms with Crippen LogP contribution in [0.15, 0.2) is 12.1 Å². The number of phenolic OH excluding ortho intramolecular Hbond substituents is 1. The highest BCUT2D eigenvalue weighted by molar-refractivity contribution is 5.97. The Hall–Kier alpha value is -1.58. The van der Waals surface area contributed by atoms with Gasteiger partial charge in [-0.15, -0.1) is 0 Å². The van der Waals surface area contributed by atoms with E-state index >= 15 is 0 Å². The van der Waals surface area contributed by atoms with Crippen molar-refractivity contribution in [2.75, 3.05) is 7.11 Å². The molecular formula is C9H9FO3. The molecule has 0 heterocycles. The summed E-state index contributed by atoms with van der Waals surface area (Å²) in [6.45, 7) is 1.23. The summed E-state index contributed by atoms with van der Waals surface area (Å²) in [7, 11) is 1.31. The summed E-state index contributed by atoms with van der Waals surface area (Å²) < 4.78 is 17.8. The second-order valence-electron chi connectivity index (χ2n) is 2.56. The molecular weight excluding hydrogens is 175 g/mol. The van der Waals surface area contributed by atoms with Gasteiger partial charge in [0.25, 0.3) is 0 Å². The first-order valence-corrected chi connectivity index (χ1v) is 3.63. The monoisotopic (exact) mass is 184 g/mol. The van der Waals surface area contributed by atoms with E-state index in [9.17, 15) is 9.18 Å². The third kappa shape index (κ3) is 1.77. The lowest BCUT2D eigenvalue weighted by atomic mass is 10.1. The molecule has 1 rings (SSSR count). The Labute approximate surface area is 74.8 Å². The number of hydrogen-bond acceptors (Lipinski definition) is 3. The number of aromatic hydroxyl groups is 1. The fraction of sp³-hybridized carbons (Fsp3) is 0.222. The molecule has 0 unspecified atom stereocenters. The summed E-state index contributed by atoms with van der Waals surface area (Å²) in [6.07, 6.45) is 0. The first-order valence-electron chi connectivity index (χ1n) is 3.63. The minimum absolute atomic E-state index is 0.0463. The van der Waals surface area contributed by atoms with Gasteiger partial charge in [-0.25, -0.2) is 4.39 Å². The van der Waals surface area contributed by atoms with E-state index in [1.807, 2.05) is 0 Å². The normalized spacial score (nSPS) is 9.77. The number of carbonyl (C=O) groups is 1. The molecule has 4 heteroatoms. The van der Waals surface area contributed by atoms with E-state index in [1.54, 1.807) is 0 Å². The Morgan fingerprint density at radius 1 is 1.54 bits per heavy atom. The van der Waals surface area contributed by atoms with Gasteiger partial charge in [-0.2, -0.15) is 0 Å². The third-order valence-corrected chi connectivity index (χ3v) is 1.61. The number of ketones is 1. The molecule has 0 aliphatic carbocycles. The van der Waals surface area contributed by atoms with Crippen molar-refractivity contribution in [2.24, 2.45) is 0 Å².